The highest BCUT2D eigenvalue weighted by Crippen LogP contribution is 2.29. The van der Waals surface area contributed by atoms with E-state index < -0.39 is 0 Å². The van der Waals surface area contributed by atoms with Gasteiger partial charge < -0.3 is 5.11 Å². The summed E-state index contributed by atoms with van der Waals surface area (Å²) in [5, 5.41) is 11.2. The Hall–Kier alpha value is -1.20. The van der Waals surface area contributed by atoms with E-state index in [9.17, 15) is 5.11 Å². The van der Waals surface area contributed by atoms with Crippen molar-refractivity contribution in [2.24, 2.45) is 0 Å². The van der Waals surface area contributed by atoms with Crippen LogP contribution in [-0.2, 0) is 0 Å². The standard InChI is InChI=1S/C11H10N2OS2/c1-15-10-6-11(13-7-12-10)16-9-4-2-3-8(14)5-9/h2-7,14H,1H3. The first kappa shape index (κ1) is 11.3. The molecular weight excluding hydrogens is 240 g/mol. The first-order valence-corrected chi connectivity index (χ1v) is 6.65. The summed E-state index contributed by atoms with van der Waals surface area (Å²) in [6, 6.07) is 9.04. The van der Waals surface area contributed by atoms with E-state index in [1.165, 1.54) is 11.8 Å². The van der Waals surface area contributed by atoms with Crippen LogP contribution >= 0.6 is 23.5 Å². The Morgan fingerprint density at radius 1 is 1.12 bits per heavy atom. The summed E-state index contributed by atoms with van der Waals surface area (Å²) in [6.07, 6.45) is 3.53. The quantitative estimate of drug-likeness (QED) is 0.670. The molecule has 0 unspecified atom stereocenters. The molecule has 0 bridgehead atoms. The van der Waals surface area contributed by atoms with Gasteiger partial charge in [0.1, 0.15) is 22.1 Å². The van der Waals surface area contributed by atoms with E-state index in [0.29, 0.717) is 0 Å². The summed E-state index contributed by atoms with van der Waals surface area (Å²) in [5.74, 6) is 0.268. The Morgan fingerprint density at radius 2 is 1.94 bits per heavy atom. The fraction of sp³-hybridized carbons (Fsp3) is 0.0909. The van der Waals surface area contributed by atoms with Crippen LogP contribution in [0.1, 0.15) is 0 Å². The zero-order chi connectivity index (χ0) is 11.4. The van der Waals surface area contributed by atoms with Crippen LogP contribution in [0.4, 0.5) is 0 Å². The van der Waals surface area contributed by atoms with Crippen LogP contribution < -0.4 is 0 Å². The minimum atomic E-state index is 0.268. The van der Waals surface area contributed by atoms with E-state index in [4.69, 9.17) is 0 Å². The van der Waals surface area contributed by atoms with Gasteiger partial charge in [-0.25, -0.2) is 9.97 Å². The van der Waals surface area contributed by atoms with Crippen LogP contribution in [0.2, 0.25) is 0 Å². The zero-order valence-electron chi connectivity index (χ0n) is 8.62. The number of benzene rings is 1. The number of hydrogen-bond acceptors (Lipinski definition) is 5. The fourth-order valence-corrected chi connectivity index (χ4v) is 2.45. The normalized spacial score (nSPS) is 10.3. The van der Waals surface area contributed by atoms with Gasteiger partial charge in [-0.1, -0.05) is 17.8 Å². The highest BCUT2D eigenvalue weighted by molar-refractivity contribution is 7.99. The number of rotatable bonds is 3. The molecule has 5 heteroatoms. The van der Waals surface area contributed by atoms with Gasteiger partial charge in [0.05, 0.1) is 0 Å². The van der Waals surface area contributed by atoms with E-state index in [1.807, 2.05) is 24.5 Å². The second kappa shape index (κ2) is 5.23. The maximum Gasteiger partial charge on any atom is 0.118 e. The van der Waals surface area contributed by atoms with Gasteiger partial charge in [-0.15, -0.1) is 11.8 Å². The van der Waals surface area contributed by atoms with Gasteiger partial charge in [-0.05, 0) is 24.5 Å². The number of aromatic hydroxyl groups is 1. The summed E-state index contributed by atoms with van der Waals surface area (Å²) in [6.45, 7) is 0. The number of hydrogen-bond donors (Lipinski definition) is 1. The number of aromatic nitrogens is 2. The van der Waals surface area contributed by atoms with Crippen LogP contribution in [0.15, 0.2) is 51.6 Å². The molecule has 1 aromatic heterocycles. The van der Waals surface area contributed by atoms with Crippen molar-refractivity contribution < 1.29 is 5.11 Å². The molecule has 2 rings (SSSR count). The molecule has 0 fully saturated rings. The molecule has 82 valence electrons. The lowest BCUT2D eigenvalue weighted by molar-refractivity contribution is 0.474. The van der Waals surface area contributed by atoms with Gasteiger partial charge in [0, 0.05) is 11.0 Å². The maximum absolute atomic E-state index is 9.34. The monoisotopic (exact) mass is 250 g/mol. The first-order chi connectivity index (χ1) is 7.78. The molecule has 0 aliphatic rings. The molecule has 1 aromatic carbocycles. The highest BCUT2D eigenvalue weighted by atomic mass is 32.2. The second-order valence-electron chi connectivity index (χ2n) is 3.00. The SMILES string of the molecule is CSc1cc(Sc2cccc(O)c2)ncn1. The lowest BCUT2D eigenvalue weighted by atomic mass is 10.3. The van der Waals surface area contributed by atoms with Crippen molar-refractivity contribution in [3.05, 3.63) is 36.7 Å². The van der Waals surface area contributed by atoms with Crippen molar-refractivity contribution in [1.29, 1.82) is 0 Å². The van der Waals surface area contributed by atoms with Gasteiger partial charge >= 0.3 is 0 Å². The molecule has 2 aromatic rings. The van der Waals surface area contributed by atoms with E-state index in [0.717, 1.165) is 14.9 Å². The number of thioether (sulfide) groups is 1. The third-order valence-corrected chi connectivity index (χ3v) is 3.43. The number of phenolic OH excluding ortho intramolecular Hbond substituents is 1. The minimum Gasteiger partial charge on any atom is -0.508 e. The lowest BCUT2D eigenvalue weighted by Crippen LogP contribution is -1.84. The van der Waals surface area contributed by atoms with Crippen molar-refractivity contribution >= 4 is 23.5 Å². The van der Waals surface area contributed by atoms with Crippen molar-refractivity contribution in [3.8, 4) is 5.75 Å². The van der Waals surface area contributed by atoms with Crippen molar-refractivity contribution in [3.63, 3.8) is 0 Å². The van der Waals surface area contributed by atoms with E-state index >= 15 is 0 Å². The Bertz CT molecular complexity index is 491. The van der Waals surface area contributed by atoms with Crippen molar-refractivity contribution in [2.75, 3.05) is 6.26 Å². The van der Waals surface area contributed by atoms with Crippen molar-refractivity contribution in [1.82, 2.24) is 9.97 Å². The largest absolute Gasteiger partial charge is 0.508 e. The second-order valence-corrected chi connectivity index (χ2v) is 4.92. The van der Waals surface area contributed by atoms with Crippen LogP contribution in [0.5, 0.6) is 5.75 Å². The lowest BCUT2D eigenvalue weighted by Gasteiger charge is -2.02. The molecule has 0 aliphatic carbocycles. The Labute approximate surface area is 102 Å². The van der Waals surface area contributed by atoms with Crippen molar-refractivity contribution in [2.45, 2.75) is 14.9 Å². The third-order valence-electron chi connectivity index (χ3n) is 1.87. The Kier molecular flexibility index (Phi) is 3.69. The molecule has 0 radical (unpaired) electrons. The first-order valence-electron chi connectivity index (χ1n) is 4.61. The molecule has 1 N–H and O–H groups in total. The molecular formula is C11H10N2OS2. The average molecular weight is 250 g/mol. The van der Waals surface area contributed by atoms with Gasteiger partial charge in [0.25, 0.3) is 0 Å². The molecule has 0 saturated heterocycles. The molecule has 16 heavy (non-hydrogen) atoms. The Balaban J connectivity index is 2.20. The number of phenols is 1. The summed E-state index contributed by atoms with van der Waals surface area (Å²) in [7, 11) is 0. The minimum absolute atomic E-state index is 0.268. The average Bonchev–Trinajstić information content (AvgIpc) is 2.29. The molecule has 0 atom stereocenters. The smallest absolute Gasteiger partial charge is 0.118 e. The van der Waals surface area contributed by atoms with Gasteiger partial charge in [0.2, 0.25) is 0 Å². The predicted molar refractivity (Wildman–Crippen MR) is 66.0 cm³/mol. The summed E-state index contributed by atoms with van der Waals surface area (Å²) < 4.78 is 0. The van der Waals surface area contributed by atoms with Crippen LogP contribution in [-0.4, -0.2) is 21.3 Å². The summed E-state index contributed by atoms with van der Waals surface area (Å²) in [4.78, 5) is 9.24. The zero-order valence-corrected chi connectivity index (χ0v) is 10.3. The van der Waals surface area contributed by atoms with Gasteiger partial charge in [-0.2, -0.15) is 0 Å². The molecule has 3 nitrogen and oxygen atoms in total. The molecule has 0 aliphatic heterocycles. The topological polar surface area (TPSA) is 46.0 Å². The highest BCUT2D eigenvalue weighted by Gasteiger charge is 2.01. The molecule has 1 heterocycles. The van der Waals surface area contributed by atoms with Crippen LogP contribution in [0.3, 0.4) is 0 Å². The Morgan fingerprint density at radius 3 is 2.69 bits per heavy atom. The molecule has 0 saturated carbocycles. The van der Waals surface area contributed by atoms with Gasteiger partial charge in [-0.3, -0.25) is 0 Å². The summed E-state index contributed by atoms with van der Waals surface area (Å²) >= 11 is 3.09. The summed E-state index contributed by atoms with van der Waals surface area (Å²) in [5.41, 5.74) is 0. The van der Waals surface area contributed by atoms with E-state index in [2.05, 4.69) is 9.97 Å². The van der Waals surface area contributed by atoms with Crippen LogP contribution in [0, 0.1) is 0 Å². The predicted octanol–water partition coefficient (Wildman–Crippen LogP) is 3.06. The van der Waals surface area contributed by atoms with Crippen LogP contribution in [0.25, 0.3) is 0 Å². The molecule has 0 spiro atoms. The maximum atomic E-state index is 9.34. The number of nitrogens with zero attached hydrogens (tertiary/aromatic N) is 2. The van der Waals surface area contributed by atoms with E-state index in [1.54, 1.807) is 30.2 Å². The molecule has 0 amide bonds. The third kappa shape index (κ3) is 2.90. The fourth-order valence-electron chi connectivity index (χ4n) is 1.16. The van der Waals surface area contributed by atoms with E-state index in [-0.39, 0.29) is 5.75 Å². The van der Waals surface area contributed by atoms with Gasteiger partial charge in [0.15, 0.2) is 0 Å².